The quantitative estimate of drug-likeness (QED) is 0.604. The Balaban J connectivity index is 1.50. The number of aromatic nitrogens is 2. The molecule has 9 heteroatoms. The maximum Gasteiger partial charge on any atom is 0.321 e. The number of anilines is 1. The molecule has 34 heavy (non-hydrogen) atoms. The van der Waals surface area contributed by atoms with Crippen molar-refractivity contribution in [2.45, 2.75) is 56.8 Å². The van der Waals surface area contributed by atoms with E-state index in [0.717, 1.165) is 35.7 Å². The van der Waals surface area contributed by atoms with E-state index in [-0.39, 0.29) is 18.6 Å². The van der Waals surface area contributed by atoms with Gasteiger partial charge in [0.1, 0.15) is 0 Å². The van der Waals surface area contributed by atoms with Crippen molar-refractivity contribution >= 4 is 28.4 Å². The van der Waals surface area contributed by atoms with E-state index in [2.05, 4.69) is 10.4 Å². The molecule has 0 saturated carbocycles. The average molecular weight is 469 g/mol. The lowest BCUT2D eigenvalue weighted by molar-refractivity contribution is -0.143. The van der Waals surface area contributed by atoms with Crippen LogP contribution >= 0.6 is 0 Å². The summed E-state index contributed by atoms with van der Waals surface area (Å²) in [5, 5.41) is 7.76. The molecule has 3 atom stereocenters. The van der Waals surface area contributed by atoms with Crippen LogP contribution in [0.25, 0.3) is 10.9 Å². The van der Waals surface area contributed by atoms with E-state index in [1.807, 2.05) is 53.2 Å². The van der Waals surface area contributed by atoms with Crippen LogP contribution in [0.2, 0.25) is 0 Å². The smallest absolute Gasteiger partial charge is 0.321 e. The van der Waals surface area contributed by atoms with Gasteiger partial charge in [0.25, 0.3) is 5.91 Å². The van der Waals surface area contributed by atoms with Crippen molar-refractivity contribution in [3.05, 3.63) is 60.3 Å². The number of benzene rings is 2. The van der Waals surface area contributed by atoms with Gasteiger partial charge in [0.15, 0.2) is 6.23 Å². The second-order valence-corrected chi connectivity index (χ2v) is 8.95. The van der Waals surface area contributed by atoms with E-state index < -0.39 is 23.9 Å². The topological polar surface area (TPSA) is 76.5 Å². The van der Waals surface area contributed by atoms with Crippen molar-refractivity contribution in [3.63, 3.8) is 0 Å². The Kier molecular flexibility index (Phi) is 5.81. The Hall–Kier alpha value is -3.33. The Morgan fingerprint density at radius 3 is 2.68 bits per heavy atom. The lowest BCUT2D eigenvalue weighted by Gasteiger charge is -2.30. The molecule has 2 aliphatic heterocycles. The number of ether oxygens (including phenoxy) is 1. The summed E-state index contributed by atoms with van der Waals surface area (Å²) in [5.41, 5.74) is 2.27. The zero-order valence-corrected chi connectivity index (χ0v) is 18.8. The standard InChI is InChI=1S/C25H26F2N4O3/c1-25(26,27)24(33)29-19-14-21(32)30(23(19)16-7-3-2-4-8-16)18-10-11-20-17(13-18)15-28-31(20)22-9-5-6-12-34-22/h2-4,7-8,10-11,13,15,19,22-23H,5-6,9,12,14H2,1H3,(H,29,33)/t19-,22?,23+/m1/s1. The van der Waals surface area contributed by atoms with Crippen LogP contribution in [-0.2, 0) is 14.3 Å². The minimum absolute atomic E-state index is 0.0748. The zero-order valence-electron chi connectivity index (χ0n) is 18.8. The molecule has 2 amide bonds. The maximum atomic E-state index is 13.6. The predicted octanol–water partition coefficient (Wildman–Crippen LogP) is 4.35. The Morgan fingerprint density at radius 2 is 1.97 bits per heavy atom. The second-order valence-electron chi connectivity index (χ2n) is 8.95. The molecule has 0 aliphatic carbocycles. The van der Waals surface area contributed by atoms with E-state index in [1.54, 1.807) is 11.1 Å². The summed E-state index contributed by atoms with van der Waals surface area (Å²) in [5.74, 6) is -5.18. The highest BCUT2D eigenvalue weighted by Crippen LogP contribution is 2.39. The van der Waals surface area contributed by atoms with E-state index >= 15 is 0 Å². The third-order valence-electron chi connectivity index (χ3n) is 6.46. The summed E-state index contributed by atoms with van der Waals surface area (Å²) in [6.07, 6.45) is 4.57. The molecule has 0 radical (unpaired) electrons. The van der Waals surface area contributed by atoms with E-state index in [0.29, 0.717) is 19.2 Å². The second kappa shape index (κ2) is 8.79. The molecule has 0 bridgehead atoms. The van der Waals surface area contributed by atoms with E-state index in [4.69, 9.17) is 4.74 Å². The molecule has 2 aliphatic rings. The lowest BCUT2D eigenvalue weighted by Crippen LogP contribution is -2.46. The highest BCUT2D eigenvalue weighted by Gasteiger charge is 2.45. The monoisotopic (exact) mass is 468 g/mol. The fraction of sp³-hybridized carbons (Fsp3) is 0.400. The first-order chi connectivity index (χ1) is 16.3. The van der Waals surface area contributed by atoms with Crippen LogP contribution in [0.5, 0.6) is 0 Å². The number of halogens is 2. The van der Waals surface area contributed by atoms with Crippen molar-refractivity contribution in [1.82, 2.24) is 15.1 Å². The third kappa shape index (κ3) is 4.16. The number of nitrogens with zero attached hydrogens (tertiary/aromatic N) is 3. The summed E-state index contributed by atoms with van der Waals surface area (Å²) in [7, 11) is 0. The Morgan fingerprint density at radius 1 is 1.18 bits per heavy atom. The van der Waals surface area contributed by atoms with Gasteiger partial charge in [-0.25, -0.2) is 4.68 Å². The van der Waals surface area contributed by atoms with Gasteiger partial charge in [-0.3, -0.25) is 9.59 Å². The number of nitrogens with one attached hydrogen (secondary N) is 1. The molecule has 1 N–H and O–H groups in total. The molecule has 5 rings (SSSR count). The summed E-state index contributed by atoms with van der Waals surface area (Å²) < 4.78 is 35.0. The molecular weight excluding hydrogens is 442 g/mol. The molecule has 3 aromatic rings. The molecule has 2 saturated heterocycles. The SMILES string of the molecule is CC(F)(F)C(=O)N[C@@H]1CC(=O)N(c2ccc3c(cnn3C3CCCCO3)c2)[C@H]1c1ccccc1. The molecular formula is C25H26F2N4O3. The third-order valence-corrected chi connectivity index (χ3v) is 6.46. The van der Waals surface area contributed by atoms with Crippen LogP contribution < -0.4 is 10.2 Å². The van der Waals surface area contributed by atoms with Crippen molar-refractivity contribution in [3.8, 4) is 0 Å². The summed E-state index contributed by atoms with van der Waals surface area (Å²) in [4.78, 5) is 26.8. The number of hydrogen-bond acceptors (Lipinski definition) is 4. The molecule has 178 valence electrons. The fourth-order valence-corrected chi connectivity index (χ4v) is 4.83. The Labute approximate surface area is 195 Å². The van der Waals surface area contributed by atoms with Crippen molar-refractivity contribution in [2.75, 3.05) is 11.5 Å². The molecule has 7 nitrogen and oxygen atoms in total. The fourth-order valence-electron chi connectivity index (χ4n) is 4.83. The van der Waals surface area contributed by atoms with Gasteiger partial charge in [-0.05, 0) is 43.0 Å². The van der Waals surface area contributed by atoms with Gasteiger partial charge in [0.05, 0.1) is 23.8 Å². The average Bonchev–Trinajstić information content (AvgIpc) is 3.39. The predicted molar refractivity (Wildman–Crippen MR) is 122 cm³/mol. The number of fused-ring (bicyclic) bond motifs is 1. The van der Waals surface area contributed by atoms with Crippen LogP contribution in [0.3, 0.4) is 0 Å². The number of amides is 2. The molecule has 0 spiro atoms. The highest BCUT2D eigenvalue weighted by atomic mass is 19.3. The first kappa shape index (κ1) is 22.5. The molecule has 2 aromatic carbocycles. The van der Waals surface area contributed by atoms with Gasteiger partial charge in [0, 0.05) is 31.0 Å². The minimum atomic E-state index is -3.54. The first-order valence-corrected chi connectivity index (χ1v) is 11.5. The van der Waals surface area contributed by atoms with Crippen LogP contribution in [0.4, 0.5) is 14.5 Å². The molecule has 3 heterocycles. The maximum absolute atomic E-state index is 13.6. The normalized spacial score (nSPS) is 23.4. The van der Waals surface area contributed by atoms with Crippen molar-refractivity contribution < 1.29 is 23.1 Å². The zero-order chi connectivity index (χ0) is 23.9. The lowest BCUT2D eigenvalue weighted by atomic mass is 9.99. The van der Waals surface area contributed by atoms with Gasteiger partial charge in [0.2, 0.25) is 5.91 Å². The molecule has 1 aromatic heterocycles. The summed E-state index contributed by atoms with van der Waals surface area (Å²) in [6, 6.07) is 13.3. The summed E-state index contributed by atoms with van der Waals surface area (Å²) >= 11 is 0. The van der Waals surface area contributed by atoms with E-state index in [9.17, 15) is 18.4 Å². The van der Waals surface area contributed by atoms with Crippen LogP contribution in [0.15, 0.2) is 54.7 Å². The van der Waals surface area contributed by atoms with Crippen LogP contribution in [0.1, 0.15) is 50.4 Å². The number of rotatable bonds is 5. The number of carbonyl (C=O) groups excluding carboxylic acids is 2. The summed E-state index contributed by atoms with van der Waals surface area (Å²) in [6.45, 7) is 1.26. The van der Waals surface area contributed by atoms with Crippen molar-refractivity contribution in [2.24, 2.45) is 0 Å². The van der Waals surface area contributed by atoms with Gasteiger partial charge in [-0.15, -0.1) is 0 Å². The molecule has 1 unspecified atom stereocenters. The van der Waals surface area contributed by atoms with Gasteiger partial charge < -0.3 is 15.0 Å². The van der Waals surface area contributed by atoms with Gasteiger partial charge in [-0.1, -0.05) is 30.3 Å². The van der Waals surface area contributed by atoms with Crippen LogP contribution in [-0.4, -0.2) is 40.2 Å². The van der Waals surface area contributed by atoms with E-state index in [1.165, 1.54) is 0 Å². The van der Waals surface area contributed by atoms with Crippen LogP contribution in [0, 0.1) is 0 Å². The Bertz CT molecular complexity index is 1200. The largest absolute Gasteiger partial charge is 0.356 e. The first-order valence-electron chi connectivity index (χ1n) is 11.5. The van der Waals surface area contributed by atoms with Gasteiger partial charge in [-0.2, -0.15) is 13.9 Å². The van der Waals surface area contributed by atoms with Crippen molar-refractivity contribution in [1.29, 1.82) is 0 Å². The minimum Gasteiger partial charge on any atom is -0.356 e. The number of carbonyl (C=O) groups is 2. The number of alkyl halides is 2. The number of hydrogen-bond donors (Lipinski definition) is 1. The highest BCUT2D eigenvalue weighted by molar-refractivity contribution is 6.00. The van der Waals surface area contributed by atoms with Gasteiger partial charge >= 0.3 is 5.92 Å². The molecule has 2 fully saturated rings.